The van der Waals surface area contributed by atoms with Crippen molar-refractivity contribution in [3.05, 3.63) is 29.3 Å². The van der Waals surface area contributed by atoms with Crippen LogP contribution in [0.2, 0.25) is 0 Å². The standard InChI is InChI=1S/C14H18N2O2/c1-15-13(14(8-17)4-5-14)9-2-3-11-10(6-9)7-12(18)16-11/h2-3,6,13,15,17H,4-5,7-8H2,1H3,(H,16,18). The van der Waals surface area contributed by atoms with Crippen molar-refractivity contribution in [3.8, 4) is 0 Å². The summed E-state index contributed by atoms with van der Waals surface area (Å²) in [6, 6.07) is 6.27. The number of anilines is 1. The van der Waals surface area contributed by atoms with Gasteiger partial charge in [0.05, 0.1) is 13.0 Å². The van der Waals surface area contributed by atoms with E-state index in [2.05, 4.69) is 16.7 Å². The van der Waals surface area contributed by atoms with Crippen LogP contribution in [0.25, 0.3) is 0 Å². The van der Waals surface area contributed by atoms with Gasteiger partial charge in [0.2, 0.25) is 5.91 Å². The van der Waals surface area contributed by atoms with E-state index in [0.717, 1.165) is 24.1 Å². The van der Waals surface area contributed by atoms with Gasteiger partial charge in [-0.25, -0.2) is 0 Å². The van der Waals surface area contributed by atoms with Crippen LogP contribution in [-0.2, 0) is 11.2 Å². The number of amides is 1. The monoisotopic (exact) mass is 246 g/mol. The molecule has 1 atom stereocenters. The van der Waals surface area contributed by atoms with Gasteiger partial charge in [0.1, 0.15) is 0 Å². The molecule has 2 aliphatic rings. The van der Waals surface area contributed by atoms with Crippen LogP contribution in [0.4, 0.5) is 5.69 Å². The molecule has 0 radical (unpaired) electrons. The van der Waals surface area contributed by atoms with Crippen LogP contribution in [0.1, 0.15) is 30.0 Å². The maximum atomic E-state index is 11.3. The van der Waals surface area contributed by atoms with Gasteiger partial charge in [0.15, 0.2) is 0 Å². The molecule has 0 bridgehead atoms. The lowest BCUT2D eigenvalue weighted by Gasteiger charge is -2.25. The fourth-order valence-corrected chi connectivity index (χ4v) is 2.95. The summed E-state index contributed by atoms with van der Waals surface area (Å²) in [7, 11) is 1.93. The fraction of sp³-hybridized carbons (Fsp3) is 0.500. The Bertz CT molecular complexity index is 495. The Balaban J connectivity index is 1.93. The summed E-state index contributed by atoms with van der Waals surface area (Å²) in [6.07, 6.45) is 2.58. The summed E-state index contributed by atoms with van der Waals surface area (Å²) in [6.45, 7) is 0.215. The quantitative estimate of drug-likeness (QED) is 0.748. The van der Waals surface area contributed by atoms with E-state index in [9.17, 15) is 9.90 Å². The minimum atomic E-state index is -0.000964. The van der Waals surface area contributed by atoms with Crippen molar-refractivity contribution in [1.82, 2.24) is 5.32 Å². The predicted molar refractivity (Wildman–Crippen MR) is 69.3 cm³/mol. The third kappa shape index (κ3) is 1.72. The highest BCUT2D eigenvalue weighted by molar-refractivity contribution is 5.99. The van der Waals surface area contributed by atoms with Gasteiger partial charge in [-0.2, -0.15) is 0 Å². The van der Waals surface area contributed by atoms with Crippen LogP contribution in [0.3, 0.4) is 0 Å². The maximum absolute atomic E-state index is 11.3. The molecule has 1 aliphatic carbocycles. The molecule has 3 rings (SSSR count). The van der Waals surface area contributed by atoms with Crippen LogP contribution < -0.4 is 10.6 Å². The zero-order valence-corrected chi connectivity index (χ0v) is 10.5. The number of benzene rings is 1. The van der Waals surface area contributed by atoms with Crippen LogP contribution in [0, 0.1) is 5.41 Å². The minimum Gasteiger partial charge on any atom is -0.396 e. The molecule has 1 amide bonds. The average molecular weight is 246 g/mol. The van der Waals surface area contributed by atoms with Gasteiger partial charge in [-0.3, -0.25) is 4.79 Å². The molecule has 1 aromatic rings. The van der Waals surface area contributed by atoms with Crippen molar-refractivity contribution in [1.29, 1.82) is 0 Å². The number of nitrogens with one attached hydrogen (secondary N) is 2. The van der Waals surface area contributed by atoms with Gasteiger partial charge in [-0.15, -0.1) is 0 Å². The molecule has 1 heterocycles. The van der Waals surface area contributed by atoms with Gasteiger partial charge in [0, 0.05) is 17.1 Å². The molecule has 0 saturated heterocycles. The first-order valence-electron chi connectivity index (χ1n) is 6.39. The molecule has 18 heavy (non-hydrogen) atoms. The Morgan fingerprint density at radius 2 is 2.28 bits per heavy atom. The number of rotatable bonds is 4. The van der Waals surface area contributed by atoms with Gasteiger partial charge < -0.3 is 15.7 Å². The van der Waals surface area contributed by atoms with Gasteiger partial charge in [-0.1, -0.05) is 12.1 Å². The zero-order chi connectivity index (χ0) is 12.8. The van der Waals surface area contributed by atoms with Gasteiger partial charge in [0.25, 0.3) is 0 Å². The number of carbonyl (C=O) groups excluding carboxylic acids is 1. The number of aliphatic hydroxyl groups is 1. The minimum absolute atomic E-state index is 0.000964. The highest BCUT2D eigenvalue weighted by Crippen LogP contribution is 2.54. The second kappa shape index (κ2) is 4.07. The molecule has 1 unspecified atom stereocenters. The van der Waals surface area contributed by atoms with E-state index < -0.39 is 0 Å². The molecule has 3 N–H and O–H groups in total. The Morgan fingerprint density at radius 3 is 2.89 bits per heavy atom. The lowest BCUT2D eigenvalue weighted by atomic mass is 9.89. The Kier molecular flexibility index (Phi) is 2.64. The zero-order valence-electron chi connectivity index (χ0n) is 10.5. The molecule has 0 aromatic heterocycles. The number of fused-ring (bicyclic) bond motifs is 1. The summed E-state index contributed by atoms with van der Waals surface area (Å²) in [5, 5.41) is 15.7. The second-order valence-corrected chi connectivity index (χ2v) is 5.38. The van der Waals surface area contributed by atoms with Crippen LogP contribution in [0.15, 0.2) is 18.2 Å². The van der Waals surface area contributed by atoms with Gasteiger partial charge in [-0.05, 0) is 37.1 Å². The van der Waals surface area contributed by atoms with Crippen molar-refractivity contribution in [2.24, 2.45) is 5.41 Å². The average Bonchev–Trinajstić information content (AvgIpc) is 3.05. The first-order valence-corrected chi connectivity index (χ1v) is 6.39. The highest BCUT2D eigenvalue weighted by atomic mass is 16.3. The van der Waals surface area contributed by atoms with Crippen LogP contribution in [0.5, 0.6) is 0 Å². The molecule has 1 aromatic carbocycles. The fourth-order valence-electron chi connectivity index (χ4n) is 2.95. The SMILES string of the molecule is CNC(c1ccc2c(c1)CC(=O)N2)C1(CO)CC1. The van der Waals surface area contributed by atoms with Gasteiger partial charge >= 0.3 is 0 Å². The molecular formula is C14H18N2O2. The normalized spacial score (nSPS) is 21.3. The Morgan fingerprint density at radius 1 is 1.50 bits per heavy atom. The molecule has 1 fully saturated rings. The summed E-state index contributed by atoms with van der Waals surface area (Å²) in [5.41, 5.74) is 3.15. The smallest absolute Gasteiger partial charge is 0.228 e. The Labute approximate surface area is 106 Å². The van der Waals surface area contributed by atoms with Crippen LogP contribution in [-0.4, -0.2) is 24.7 Å². The molecule has 1 aliphatic heterocycles. The number of carbonyl (C=O) groups is 1. The molecule has 4 heteroatoms. The highest BCUT2D eigenvalue weighted by Gasteiger charge is 2.49. The molecule has 96 valence electrons. The predicted octanol–water partition coefficient (Wildman–Crippen LogP) is 1.21. The molecule has 0 spiro atoms. The largest absolute Gasteiger partial charge is 0.396 e. The summed E-state index contributed by atoms with van der Waals surface area (Å²) < 4.78 is 0. The van der Waals surface area contributed by atoms with E-state index >= 15 is 0 Å². The van der Waals surface area contributed by atoms with Crippen LogP contribution >= 0.6 is 0 Å². The Hall–Kier alpha value is -1.39. The van der Waals surface area contributed by atoms with E-state index in [1.807, 2.05) is 19.2 Å². The van der Waals surface area contributed by atoms with Crippen molar-refractivity contribution < 1.29 is 9.90 Å². The third-order valence-corrected chi connectivity index (χ3v) is 4.20. The lowest BCUT2D eigenvalue weighted by molar-refractivity contribution is -0.115. The van der Waals surface area contributed by atoms with E-state index in [0.29, 0.717) is 6.42 Å². The topological polar surface area (TPSA) is 61.4 Å². The van der Waals surface area contributed by atoms with Crippen molar-refractivity contribution in [3.63, 3.8) is 0 Å². The number of aliphatic hydroxyl groups excluding tert-OH is 1. The van der Waals surface area contributed by atoms with Crippen molar-refractivity contribution in [2.45, 2.75) is 25.3 Å². The first-order chi connectivity index (χ1) is 8.68. The second-order valence-electron chi connectivity index (χ2n) is 5.38. The number of hydrogen-bond donors (Lipinski definition) is 3. The summed E-state index contributed by atoms with van der Waals surface area (Å²) in [5.74, 6) is 0.0615. The van der Waals surface area contributed by atoms with Crippen molar-refractivity contribution in [2.75, 3.05) is 19.0 Å². The number of hydrogen-bond acceptors (Lipinski definition) is 3. The molecule has 4 nitrogen and oxygen atoms in total. The van der Waals surface area contributed by atoms with E-state index in [4.69, 9.17) is 0 Å². The molecular weight excluding hydrogens is 228 g/mol. The van der Waals surface area contributed by atoms with E-state index in [1.54, 1.807) is 0 Å². The first kappa shape index (κ1) is 11.7. The summed E-state index contributed by atoms with van der Waals surface area (Å²) in [4.78, 5) is 11.3. The molecule has 1 saturated carbocycles. The maximum Gasteiger partial charge on any atom is 0.228 e. The summed E-state index contributed by atoms with van der Waals surface area (Å²) >= 11 is 0. The third-order valence-electron chi connectivity index (χ3n) is 4.20. The van der Waals surface area contributed by atoms with E-state index in [1.165, 1.54) is 5.56 Å². The van der Waals surface area contributed by atoms with Crippen molar-refractivity contribution >= 4 is 11.6 Å². The lowest BCUT2D eigenvalue weighted by Crippen LogP contribution is -2.29. The van der Waals surface area contributed by atoms with E-state index in [-0.39, 0.29) is 24.0 Å².